The van der Waals surface area contributed by atoms with Crippen molar-refractivity contribution in [1.82, 2.24) is 4.90 Å². The number of carbonyl (C=O) groups is 2. The molecule has 0 spiro atoms. The van der Waals surface area contributed by atoms with Crippen molar-refractivity contribution >= 4 is 17.5 Å². The smallest absolute Gasteiger partial charge is 0.262 e. The molecule has 2 aromatic carbocycles. The summed E-state index contributed by atoms with van der Waals surface area (Å²) >= 11 is 0. The maximum atomic E-state index is 13.1. The van der Waals surface area contributed by atoms with Gasteiger partial charge in [-0.1, -0.05) is 43.5 Å². The highest BCUT2D eigenvalue weighted by Crippen LogP contribution is 2.25. The lowest BCUT2D eigenvalue weighted by Gasteiger charge is -2.31. The highest BCUT2D eigenvalue weighted by Gasteiger charge is 2.24. The van der Waals surface area contributed by atoms with Gasteiger partial charge in [-0.3, -0.25) is 9.59 Å². The van der Waals surface area contributed by atoms with Gasteiger partial charge < -0.3 is 15.0 Å². The average Bonchev–Trinajstić information content (AvgIpc) is 2.74. The Balaban J connectivity index is 1.65. The number of anilines is 1. The van der Waals surface area contributed by atoms with E-state index in [9.17, 15) is 9.59 Å². The number of ether oxygens (including phenoxy) is 1. The van der Waals surface area contributed by atoms with Crippen molar-refractivity contribution < 1.29 is 14.3 Å². The molecule has 1 N–H and O–H groups in total. The molecule has 1 aliphatic carbocycles. The molecule has 154 valence electrons. The summed E-state index contributed by atoms with van der Waals surface area (Å²) in [5.74, 6) is 0.358. The molecule has 0 saturated heterocycles. The SMILES string of the molecule is Cc1ccc(C)c(OCC(=O)Nc2ccccc2C(=O)N(C)C2CCCCC2)c1. The van der Waals surface area contributed by atoms with Gasteiger partial charge in [-0.2, -0.15) is 0 Å². The van der Waals surface area contributed by atoms with E-state index in [-0.39, 0.29) is 24.5 Å². The van der Waals surface area contributed by atoms with E-state index in [1.54, 1.807) is 12.1 Å². The molecule has 0 atom stereocenters. The van der Waals surface area contributed by atoms with Crippen LogP contribution in [0.3, 0.4) is 0 Å². The number of hydrogen-bond donors (Lipinski definition) is 1. The van der Waals surface area contributed by atoms with Crippen LogP contribution in [0.1, 0.15) is 53.6 Å². The van der Waals surface area contributed by atoms with Gasteiger partial charge in [0.2, 0.25) is 0 Å². The van der Waals surface area contributed by atoms with Crippen LogP contribution < -0.4 is 10.1 Å². The first-order valence-electron chi connectivity index (χ1n) is 10.3. The van der Waals surface area contributed by atoms with Crippen LogP contribution in [-0.4, -0.2) is 36.4 Å². The molecule has 0 aromatic heterocycles. The lowest BCUT2D eigenvalue weighted by Crippen LogP contribution is -2.38. The summed E-state index contributed by atoms with van der Waals surface area (Å²) in [5, 5.41) is 2.84. The minimum absolute atomic E-state index is 0.0525. The summed E-state index contributed by atoms with van der Waals surface area (Å²) in [7, 11) is 1.86. The molecule has 2 aromatic rings. The van der Waals surface area contributed by atoms with Crippen LogP contribution in [0, 0.1) is 13.8 Å². The predicted molar refractivity (Wildman–Crippen MR) is 115 cm³/mol. The first-order chi connectivity index (χ1) is 14.0. The Bertz CT molecular complexity index is 872. The molecule has 3 rings (SSSR count). The van der Waals surface area contributed by atoms with Crippen molar-refractivity contribution in [2.45, 2.75) is 52.0 Å². The average molecular weight is 395 g/mol. The number of amides is 2. The van der Waals surface area contributed by atoms with E-state index in [0.717, 1.165) is 36.8 Å². The van der Waals surface area contributed by atoms with Gasteiger partial charge in [0.15, 0.2) is 6.61 Å². The Morgan fingerprint density at radius 3 is 2.55 bits per heavy atom. The monoisotopic (exact) mass is 394 g/mol. The zero-order chi connectivity index (χ0) is 20.8. The Kier molecular flexibility index (Phi) is 6.91. The van der Waals surface area contributed by atoms with E-state index in [2.05, 4.69) is 5.32 Å². The van der Waals surface area contributed by atoms with Crippen molar-refractivity contribution in [3.05, 3.63) is 59.2 Å². The lowest BCUT2D eigenvalue weighted by molar-refractivity contribution is -0.118. The maximum absolute atomic E-state index is 13.1. The number of nitrogens with zero attached hydrogens (tertiary/aromatic N) is 1. The molecule has 0 unspecified atom stereocenters. The highest BCUT2D eigenvalue weighted by molar-refractivity contribution is 6.04. The number of rotatable bonds is 6. The van der Waals surface area contributed by atoms with Crippen molar-refractivity contribution in [3.8, 4) is 5.75 Å². The number of hydrogen-bond acceptors (Lipinski definition) is 3. The standard InChI is InChI=1S/C24H30N2O3/c1-17-13-14-18(2)22(15-17)29-16-23(27)25-21-12-8-7-11-20(21)24(28)26(3)19-9-5-4-6-10-19/h7-8,11-15,19H,4-6,9-10,16H2,1-3H3,(H,25,27). The number of benzene rings is 2. The molecule has 2 amide bonds. The maximum Gasteiger partial charge on any atom is 0.262 e. The van der Waals surface area contributed by atoms with Crippen molar-refractivity contribution in [2.24, 2.45) is 0 Å². The summed E-state index contributed by atoms with van der Waals surface area (Å²) in [6, 6.07) is 13.3. The molecule has 1 fully saturated rings. The lowest BCUT2D eigenvalue weighted by atomic mass is 9.94. The van der Waals surface area contributed by atoms with Crippen LogP contribution >= 0.6 is 0 Å². The minimum Gasteiger partial charge on any atom is -0.483 e. The molecule has 0 radical (unpaired) electrons. The van der Waals surface area contributed by atoms with E-state index in [0.29, 0.717) is 17.0 Å². The summed E-state index contributed by atoms with van der Waals surface area (Å²) in [6.45, 7) is 3.82. The van der Waals surface area contributed by atoms with Gasteiger partial charge in [0.1, 0.15) is 5.75 Å². The van der Waals surface area contributed by atoms with E-state index in [1.165, 1.54) is 6.42 Å². The molecule has 0 aliphatic heterocycles. The topological polar surface area (TPSA) is 58.6 Å². The van der Waals surface area contributed by atoms with Gasteiger partial charge in [-0.05, 0) is 56.0 Å². The molecule has 1 saturated carbocycles. The van der Waals surface area contributed by atoms with Crippen LogP contribution in [0.15, 0.2) is 42.5 Å². The summed E-state index contributed by atoms with van der Waals surface area (Å²) in [6.07, 6.45) is 5.65. The van der Waals surface area contributed by atoms with Gasteiger partial charge >= 0.3 is 0 Å². The largest absolute Gasteiger partial charge is 0.483 e. The third-order valence-corrected chi connectivity index (χ3v) is 5.58. The zero-order valence-electron chi connectivity index (χ0n) is 17.5. The third-order valence-electron chi connectivity index (χ3n) is 5.58. The van der Waals surface area contributed by atoms with Gasteiger partial charge in [0, 0.05) is 13.1 Å². The second-order valence-corrected chi connectivity index (χ2v) is 7.86. The Morgan fingerprint density at radius 2 is 1.79 bits per heavy atom. The van der Waals surface area contributed by atoms with Crippen LogP contribution in [0.25, 0.3) is 0 Å². The second kappa shape index (κ2) is 9.59. The molecule has 0 heterocycles. The normalized spacial score (nSPS) is 14.3. The van der Waals surface area contributed by atoms with Crippen molar-refractivity contribution in [1.29, 1.82) is 0 Å². The van der Waals surface area contributed by atoms with Gasteiger partial charge in [-0.25, -0.2) is 0 Å². The summed E-state index contributed by atoms with van der Waals surface area (Å²) in [5.41, 5.74) is 3.09. The number of nitrogens with one attached hydrogen (secondary N) is 1. The zero-order valence-corrected chi connectivity index (χ0v) is 17.5. The van der Waals surface area contributed by atoms with Gasteiger partial charge in [0.25, 0.3) is 11.8 Å². The van der Waals surface area contributed by atoms with E-state index in [4.69, 9.17) is 4.74 Å². The fourth-order valence-corrected chi connectivity index (χ4v) is 3.80. The first kappa shape index (κ1) is 20.9. The highest BCUT2D eigenvalue weighted by atomic mass is 16.5. The Morgan fingerprint density at radius 1 is 1.07 bits per heavy atom. The number of para-hydroxylation sites is 1. The minimum atomic E-state index is -0.286. The first-order valence-corrected chi connectivity index (χ1v) is 10.3. The summed E-state index contributed by atoms with van der Waals surface area (Å²) < 4.78 is 5.69. The quantitative estimate of drug-likeness (QED) is 0.771. The molecular formula is C24H30N2O3. The molecule has 5 heteroatoms. The number of carbonyl (C=O) groups excluding carboxylic acids is 2. The molecule has 1 aliphatic rings. The van der Waals surface area contributed by atoms with Crippen molar-refractivity contribution in [2.75, 3.05) is 19.0 Å². The predicted octanol–water partition coefficient (Wildman–Crippen LogP) is 4.73. The molecular weight excluding hydrogens is 364 g/mol. The molecule has 0 bridgehead atoms. The van der Waals surface area contributed by atoms with E-state index in [1.807, 2.05) is 56.1 Å². The van der Waals surface area contributed by atoms with E-state index >= 15 is 0 Å². The van der Waals surface area contributed by atoms with Gasteiger partial charge in [0.05, 0.1) is 11.3 Å². The summed E-state index contributed by atoms with van der Waals surface area (Å²) in [4.78, 5) is 27.3. The number of aryl methyl sites for hydroxylation is 2. The molecule has 5 nitrogen and oxygen atoms in total. The third kappa shape index (κ3) is 5.37. The molecule has 29 heavy (non-hydrogen) atoms. The second-order valence-electron chi connectivity index (χ2n) is 7.86. The van der Waals surface area contributed by atoms with Crippen LogP contribution in [-0.2, 0) is 4.79 Å². The van der Waals surface area contributed by atoms with Gasteiger partial charge in [-0.15, -0.1) is 0 Å². The van der Waals surface area contributed by atoms with Crippen molar-refractivity contribution in [3.63, 3.8) is 0 Å². The fraction of sp³-hybridized carbons (Fsp3) is 0.417. The van der Waals surface area contributed by atoms with Crippen LogP contribution in [0.4, 0.5) is 5.69 Å². The fourth-order valence-electron chi connectivity index (χ4n) is 3.80. The van der Waals surface area contributed by atoms with Crippen LogP contribution in [0.2, 0.25) is 0 Å². The van der Waals surface area contributed by atoms with Crippen LogP contribution in [0.5, 0.6) is 5.75 Å². The Hall–Kier alpha value is -2.82. The Labute approximate surface area is 173 Å². The van der Waals surface area contributed by atoms with E-state index < -0.39 is 0 Å².